The van der Waals surface area contributed by atoms with Gasteiger partial charge in [0.15, 0.2) is 11.5 Å². The molecule has 0 spiro atoms. The number of hydrogen-bond acceptors (Lipinski definition) is 6. The zero-order valence-electron chi connectivity index (χ0n) is 15.9. The summed E-state index contributed by atoms with van der Waals surface area (Å²) in [4.78, 5) is 19.9. The zero-order chi connectivity index (χ0) is 19.7. The average molecular weight is 396 g/mol. The summed E-state index contributed by atoms with van der Waals surface area (Å²) in [6.45, 7) is 2.58. The van der Waals surface area contributed by atoms with Gasteiger partial charge < -0.3 is 19.1 Å². The molecule has 0 bridgehead atoms. The number of amides is 1. The Kier molecular flexibility index (Phi) is 4.92. The van der Waals surface area contributed by atoms with Gasteiger partial charge >= 0.3 is 0 Å². The van der Waals surface area contributed by atoms with Crippen molar-refractivity contribution in [1.82, 2.24) is 9.88 Å². The van der Waals surface area contributed by atoms with Crippen molar-refractivity contribution in [3.8, 4) is 27.8 Å². The Hall–Kier alpha value is -3.06. The lowest BCUT2D eigenvalue weighted by Gasteiger charge is -2.16. The lowest BCUT2D eigenvalue weighted by atomic mass is 10.2. The van der Waals surface area contributed by atoms with Crippen molar-refractivity contribution in [1.29, 1.82) is 0 Å². The minimum absolute atomic E-state index is 0.0487. The first kappa shape index (κ1) is 18.3. The molecule has 0 unspecified atom stereocenters. The second kappa shape index (κ2) is 7.52. The van der Waals surface area contributed by atoms with Crippen LogP contribution in [0.5, 0.6) is 17.2 Å². The molecule has 1 amide bonds. The second-order valence-corrected chi connectivity index (χ2v) is 7.51. The van der Waals surface area contributed by atoms with Gasteiger partial charge in [-0.2, -0.15) is 0 Å². The van der Waals surface area contributed by atoms with Gasteiger partial charge in [-0.25, -0.2) is 4.98 Å². The number of carbonyl (C=O) groups excluding carboxylic acids is 1. The first-order chi connectivity index (χ1) is 13.5. The van der Waals surface area contributed by atoms with E-state index >= 15 is 0 Å². The number of aryl methyl sites for hydroxylation is 1. The summed E-state index contributed by atoms with van der Waals surface area (Å²) in [5, 5.41) is 0.819. The lowest BCUT2D eigenvalue weighted by molar-refractivity contribution is 0.0789. The molecule has 0 aliphatic carbocycles. The van der Waals surface area contributed by atoms with Crippen LogP contribution in [0.4, 0.5) is 0 Å². The number of nitrogens with zero attached hydrogens (tertiary/aromatic N) is 2. The van der Waals surface area contributed by atoms with E-state index < -0.39 is 0 Å². The molecule has 4 rings (SSSR count). The van der Waals surface area contributed by atoms with Crippen LogP contribution < -0.4 is 14.2 Å². The predicted octanol–water partition coefficient (Wildman–Crippen LogP) is 4.13. The Bertz CT molecular complexity index is 1010. The number of rotatable bonds is 5. The van der Waals surface area contributed by atoms with Gasteiger partial charge in [0.2, 0.25) is 6.79 Å². The molecule has 0 N–H and O–H groups in total. The van der Waals surface area contributed by atoms with E-state index in [1.807, 2.05) is 49.4 Å². The molecule has 1 aromatic heterocycles. The molecule has 3 aromatic rings. The third kappa shape index (κ3) is 3.53. The summed E-state index contributed by atoms with van der Waals surface area (Å²) >= 11 is 1.41. The molecule has 7 heteroatoms. The largest absolute Gasteiger partial charge is 0.497 e. The molecule has 1 aliphatic heterocycles. The van der Waals surface area contributed by atoms with Crippen molar-refractivity contribution in [3.05, 3.63) is 58.6 Å². The van der Waals surface area contributed by atoms with E-state index in [0.717, 1.165) is 33.3 Å². The highest BCUT2D eigenvalue weighted by Crippen LogP contribution is 2.33. The maximum atomic E-state index is 13.0. The molecule has 2 aromatic carbocycles. The van der Waals surface area contributed by atoms with Crippen molar-refractivity contribution < 1.29 is 19.0 Å². The summed E-state index contributed by atoms with van der Waals surface area (Å²) in [5.41, 5.74) is 2.68. The Morgan fingerprint density at radius 2 is 1.93 bits per heavy atom. The van der Waals surface area contributed by atoms with Crippen LogP contribution in [-0.2, 0) is 6.54 Å². The van der Waals surface area contributed by atoms with Crippen molar-refractivity contribution >= 4 is 17.2 Å². The van der Waals surface area contributed by atoms with Crippen molar-refractivity contribution in [2.75, 3.05) is 21.0 Å². The van der Waals surface area contributed by atoms with Gasteiger partial charge in [-0.05, 0) is 48.9 Å². The SMILES string of the molecule is COc1ccc(-c2nc(C)c(C(=O)N(C)Cc3ccc4c(c3)OCO4)s2)cc1. The van der Waals surface area contributed by atoms with Crippen molar-refractivity contribution in [2.24, 2.45) is 0 Å². The summed E-state index contributed by atoms with van der Waals surface area (Å²) in [6.07, 6.45) is 0. The van der Waals surface area contributed by atoms with E-state index in [1.165, 1.54) is 11.3 Å². The smallest absolute Gasteiger partial charge is 0.265 e. The molecule has 1 aliphatic rings. The predicted molar refractivity (Wildman–Crippen MR) is 107 cm³/mol. The van der Waals surface area contributed by atoms with Gasteiger partial charge in [-0.3, -0.25) is 4.79 Å². The third-order valence-electron chi connectivity index (χ3n) is 4.53. The first-order valence-corrected chi connectivity index (χ1v) is 9.62. The average Bonchev–Trinajstić information content (AvgIpc) is 3.33. The minimum atomic E-state index is -0.0487. The van der Waals surface area contributed by atoms with Gasteiger partial charge in [0, 0.05) is 19.2 Å². The number of carbonyl (C=O) groups is 1. The number of methoxy groups -OCH3 is 1. The van der Waals surface area contributed by atoms with Crippen LogP contribution in [0, 0.1) is 6.92 Å². The Balaban J connectivity index is 1.51. The number of thiazole rings is 1. The van der Waals surface area contributed by atoms with E-state index in [9.17, 15) is 4.79 Å². The highest BCUT2D eigenvalue weighted by atomic mass is 32.1. The summed E-state index contributed by atoms with van der Waals surface area (Å²) < 4.78 is 15.9. The first-order valence-electron chi connectivity index (χ1n) is 8.81. The second-order valence-electron chi connectivity index (χ2n) is 6.51. The van der Waals surface area contributed by atoms with E-state index in [0.29, 0.717) is 17.2 Å². The molecule has 0 atom stereocenters. The van der Waals surface area contributed by atoms with Crippen LogP contribution in [0.3, 0.4) is 0 Å². The summed E-state index contributed by atoms with van der Waals surface area (Å²) in [5.74, 6) is 2.19. The molecule has 144 valence electrons. The fourth-order valence-electron chi connectivity index (χ4n) is 3.01. The normalized spacial score (nSPS) is 12.1. The van der Waals surface area contributed by atoms with E-state index in [4.69, 9.17) is 14.2 Å². The Morgan fingerprint density at radius 3 is 2.68 bits per heavy atom. The number of fused-ring (bicyclic) bond motifs is 1. The van der Waals surface area contributed by atoms with Crippen molar-refractivity contribution in [2.45, 2.75) is 13.5 Å². The maximum Gasteiger partial charge on any atom is 0.265 e. The molecule has 0 saturated carbocycles. The van der Waals surface area contributed by atoms with Crippen LogP contribution in [0.1, 0.15) is 20.9 Å². The zero-order valence-corrected chi connectivity index (χ0v) is 16.7. The van der Waals surface area contributed by atoms with Crippen molar-refractivity contribution in [3.63, 3.8) is 0 Å². The molecular formula is C21H20N2O4S. The number of aromatic nitrogens is 1. The van der Waals surface area contributed by atoms with Gasteiger partial charge in [0.05, 0.1) is 12.8 Å². The summed E-state index contributed by atoms with van der Waals surface area (Å²) in [7, 11) is 3.43. The van der Waals surface area contributed by atoms with Crippen LogP contribution in [0.25, 0.3) is 10.6 Å². The van der Waals surface area contributed by atoms with Gasteiger partial charge in [0.1, 0.15) is 15.6 Å². The van der Waals surface area contributed by atoms with Crippen LogP contribution in [-0.4, -0.2) is 36.7 Å². The number of hydrogen-bond donors (Lipinski definition) is 0. The quantitative estimate of drug-likeness (QED) is 0.649. The standard InChI is InChI=1S/C21H20N2O4S/c1-13-19(28-20(22-13)15-5-7-16(25-3)8-6-15)21(24)23(2)11-14-4-9-17-18(10-14)27-12-26-17/h4-10H,11-12H2,1-3H3. The van der Waals surface area contributed by atoms with Gasteiger partial charge in [-0.15, -0.1) is 11.3 Å². The maximum absolute atomic E-state index is 13.0. The monoisotopic (exact) mass is 396 g/mol. The molecular weight excluding hydrogens is 376 g/mol. The fraction of sp³-hybridized carbons (Fsp3) is 0.238. The van der Waals surface area contributed by atoms with Gasteiger partial charge in [0.25, 0.3) is 5.91 Å². The van der Waals surface area contributed by atoms with E-state index in [2.05, 4.69) is 4.98 Å². The van der Waals surface area contributed by atoms with Crippen LogP contribution in [0.15, 0.2) is 42.5 Å². The van der Waals surface area contributed by atoms with Gasteiger partial charge in [-0.1, -0.05) is 6.07 Å². The topological polar surface area (TPSA) is 60.9 Å². The Morgan fingerprint density at radius 1 is 1.18 bits per heavy atom. The Labute approximate surface area is 167 Å². The number of ether oxygens (including phenoxy) is 3. The highest BCUT2D eigenvalue weighted by molar-refractivity contribution is 7.17. The fourth-order valence-corrected chi connectivity index (χ4v) is 4.08. The molecule has 0 fully saturated rings. The summed E-state index contributed by atoms with van der Waals surface area (Å²) in [6, 6.07) is 13.4. The lowest BCUT2D eigenvalue weighted by Crippen LogP contribution is -2.26. The van der Waals surface area contributed by atoms with Crippen LogP contribution in [0.2, 0.25) is 0 Å². The third-order valence-corrected chi connectivity index (χ3v) is 5.73. The molecule has 6 nitrogen and oxygen atoms in total. The van der Waals surface area contributed by atoms with E-state index in [1.54, 1.807) is 19.1 Å². The minimum Gasteiger partial charge on any atom is -0.497 e. The van der Waals surface area contributed by atoms with Crippen LogP contribution >= 0.6 is 11.3 Å². The molecule has 0 radical (unpaired) electrons. The highest BCUT2D eigenvalue weighted by Gasteiger charge is 2.21. The molecule has 28 heavy (non-hydrogen) atoms. The van der Waals surface area contributed by atoms with E-state index in [-0.39, 0.29) is 12.7 Å². The molecule has 0 saturated heterocycles. The molecule has 2 heterocycles. The number of benzene rings is 2.